The second-order valence-electron chi connectivity index (χ2n) is 19.1. The van der Waals surface area contributed by atoms with Gasteiger partial charge in [-0.3, -0.25) is 0 Å². The number of benzene rings is 6. The number of rotatable bonds is 7. The molecule has 0 atom stereocenters. The minimum Gasteiger partial charge on any atom is -0.509 e. The second kappa shape index (κ2) is 16.4. The van der Waals surface area contributed by atoms with Crippen LogP contribution in [0.2, 0.25) is 0 Å². The van der Waals surface area contributed by atoms with Crippen molar-refractivity contribution in [3.05, 3.63) is 188 Å². The summed E-state index contributed by atoms with van der Waals surface area (Å²) in [5.41, 5.74) is 11.9. The first-order valence-electron chi connectivity index (χ1n) is 21.2. The van der Waals surface area contributed by atoms with Crippen LogP contribution < -0.4 is 14.5 Å². The number of pyridine rings is 1. The number of hydrogen-bond acceptors (Lipinski definition) is 4. The Morgan fingerprint density at radius 1 is 0.516 bits per heavy atom. The molecule has 1 aliphatic heterocycles. The van der Waals surface area contributed by atoms with E-state index in [1.807, 2.05) is 18.3 Å². The van der Waals surface area contributed by atoms with Crippen molar-refractivity contribution in [3.8, 4) is 39.6 Å². The van der Waals surface area contributed by atoms with Crippen LogP contribution in [0.3, 0.4) is 0 Å². The Bertz CT molecular complexity index is 2870. The molecular formula is C56H53N4OPt-3. The number of para-hydroxylation sites is 1. The van der Waals surface area contributed by atoms with Gasteiger partial charge in [0.15, 0.2) is 0 Å². The summed E-state index contributed by atoms with van der Waals surface area (Å²) < 4.78 is 8.89. The zero-order valence-electron chi connectivity index (χ0n) is 37.0. The maximum Gasteiger partial charge on any atom is 0.135 e. The number of allylic oxidation sites excluding steroid dienone is 2. The Morgan fingerprint density at radius 3 is 1.74 bits per heavy atom. The van der Waals surface area contributed by atoms with Gasteiger partial charge in [-0.25, -0.2) is 4.98 Å². The van der Waals surface area contributed by atoms with Gasteiger partial charge < -0.3 is 19.1 Å². The van der Waals surface area contributed by atoms with Gasteiger partial charge in [0.25, 0.3) is 0 Å². The Kier molecular flexibility index (Phi) is 11.3. The summed E-state index contributed by atoms with van der Waals surface area (Å²) in [7, 11) is 0. The molecule has 0 N–H and O–H groups in total. The van der Waals surface area contributed by atoms with Crippen LogP contribution in [0.5, 0.6) is 11.5 Å². The van der Waals surface area contributed by atoms with Gasteiger partial charge in [-0.1, -0.05) is 147 Å². The predicted molar refractivity (Wildman–Crippen MR) is 254 cm³/mol. The summed E-state index contributed by atoms with van der Waals surface area (Å²) in [6, 6.07) is 58.6. The van der Waals surface area contributed by atoms with E-state index in [0.717, 1.165) is 39.0 Å². The Labute approximate surface area is 382 Å². The minimum absolute atomic E-state index is 0. The molecule has 1 aliphatic rings. The number of hydrogen-bond donors (Lipinski definition) is 0. The van der Waals surface area contributed by atoms with Gasteiger partial charge in [0.1, 0.15) is 5.82 Å². The Morgan fingerprint density at radius 2 is 1.11 bits per heavy atom. The van der Waals surface area contributed by atoms with Crippen molar-refractivity contribution in [2.24, 2.45) is 10.8 Å². The molecule has 0 spiro atoms. The number of anilines is 2. The average molecular weight is 993 g/mol. The number of ether oxygens (including phenoxy) is 1. The second-order valence-corrected chi connectivity index (χ2v) is 19.1. The quantitative estimate of drug-likeness (QED) is 0.149. The number of aromatic nitrogens is 2. The smallest absolute Gasteiger partial charge is 0.135 e. The zero-order valence-corrected chi connectivity index (χ0v) is 39.3. The van der Waals surface area contributed by atoms with Crippen LogP contribution in [-0.4, -0.2) is 9.55 Å². The van der Waals surface area contributed by atoms with Crippen molar-refractivity contribution in [1.82, 2.24) is 9.55 Å². The average Bonchev–Trinajstić information content (AvgIpc) is 3.82. The van der Waals surface area contributed by atoms with Crippen molar-refractivity contribution in [2.45, 2.75) is 67.7 Å². The van der Waals surface area contributed by atoms with Gasteiger partial charge in [-0.05, 0) is 75.0 Å². The van der Waals surface area contributed by atoms with E-state index in [4.69, 9.17) is 9.72 Å². The van der Waals surface area contributed by atoms with Crippen LogP contribution in [0.1, 0.15) is 67.9 Å². The summed E-state index contributed by atoms with van der Waals surface area (Å²) >= 11 is 0. The van der Waals surface area contributed by atoms with Gasteiger partial charge in [0.05, 0.1) is 0 Å². The molecule has 2 aromatic heterocycles. The van der Waals surface area contributed by atoms with Crippen molar-refractivity contribution in [1.29, 1.82) is 0 Å². The fourth-order valence-electron chi connectivity index (χ4n) is 8.55. The third-order valence-electron chi connectivity index (χ3n) is 11.4. The van der Waals surface area contributed by atoms with Crippen molar-refractivity contribution >= 4 is 33.2 Å². The first kappa shape index (κ1) is 42.8. The Balaban J connectivity index is 0.00000529. The molecule has 62 heavy (non-hydrogen) atoms. The monoisotopic (exact) mass is 992 g/mol. The molecule has 6 aromatic carbocycles. The van der Waals surface area contributed by atoms with Crippen LogP contribution in [0.4, 0.5) is 11.4 Å². The minimum atomic E-state index is -0.220. The standard InChI is InChI=1S/C56H53N4O.Pt/c1-54(2,3)42-29-30-57-51(34-42)60-49-26-17-16-25-47(49)48-28-27-46(36-50(48)60)61-45-24-18-23-43(35-45)58-37-59(53(56(7,8)9)52(58)55(4,5)6)44-32-40(38-19-12-10-13-20-38)31-41(33-44)39-21-14-11-15-22-39;/h10-34,37H,1-9H3;/q-3;. The first-order valence-corrected chi connectivity index (χ1v) is 21.2. The van der Waals surface area contributed by atoms with Crippen LogP contribution in [0.25, 0.3) is 49.9 Å². The number of nitrogens with zero attached hydrogens (tertiary/aromatic N) is 4. The SMILES string of the molecule is CC(C)(C)C1=C(C(C)(C)C)N(c2cc(-c3ccccc3)cc(-c3ccccc3)c2)[CH-]N1c1[c-]c(Oc2[c-]c3c(cc2)c2ccccc2n3-c2cc(C(C)(C)C)ccn2)ccc1.[Pt]. The fraction of sp³-hybridized carbons (Fsp3) is 0.214. The van der Waals surface area contributed by atoms with Crippen LogP contribution in [0, 0.1) is 29.6 Å². The van der Waals surface area contributed by atoms with Crippen LogP contribution in [0.15, 0.2) is 163 Å². The molecule has 0 unspecified atom stereocenters. The van der Waals surface area contributed by atoms with Crippen molar-refractivity contribution in [2.75, 3.05) is 9.80 Å². The van der Waals surface area contributed by atoms with Gasteiger partial charge in [-0.2, -0.15) is 12.1 Å². The molecule has 3 heterocycles. The molecule has 9 rings (SSSR count). The van der Waals surface area contributed by atoms with Gasteiger partial charge >= 0.3 is 0 Å². The summed E-state index contributed by atoms with van der Waals surface area (Å²) in [6.07, 6.45) is 1.90. The molecule has 6 heteroatoms. The largest absolute Gasteiger partial charge is 0.509 e. The van der Waals surface area contributed by atoms with E-state index in [1.165, 1.54) is 39.2 Å². The fourth-order valence-corrected chi connectivity index (χ4v) is 8.55. The summed E-state index contributed by atoms with van der Waals surface area (Å²) in [6.45, 7) is 22.7. The van der Waals surface area contributed by atoms with E-state index in [-0.39, 0.29) is 37.3 Å². The van der Waals surface area contributed by atoms with E-state index in [0.29, 0.717) is 11.5 Å². The van der Waals surface area contributed by atoms with Crippen LogP contribution in [-0.2, 0) is 26.5 Å². The van der Waals surface area contributed by atoms with E-state index in [2.05, 4.69) is 229 Å². The normalized spacial score (nSPS) is 13.6. The molecule has 0 fully saturated rings. The van der Waals surface area contributed by atoms with E-state index in [1.54, 1.807) is 0 Å². The van der Waals surface area contributed by atoms with Gasteiger partial charge in [0, 0.05) is 72.2 Å². The topological polar surface area (TPSA) is 33.5 Å². The summed E-state index contributed by atoms with van der Waals surface area (Å²) in [5, 5.41) is 2.24. The molecule has 5 nitrogen and oxygen atoms in total. The molecule has 316 valence electrons. The third-order valence-corrected chi connectivity index (χ3v) is 11.4. The van der Waals surface area contributed by atoms with Crippen LogP contribution >= 0.6 is 0 Å². The molecule has 0 amide bonds. The first-order chi connectivity index (χ1) is 29.1. The molecule has 8 aromatic rings. The molecule has 0 saturated heterocycles. The van der Waals surface area contributed by atoms with E-state index in [9.17, 15) is 0 Å². The molecule has 0 aliphatic carbocycles. The van der Waals surface area contributed by atoms with Crippen molar-refractivity contribution < 1.29 is 25.8 Å². The molecule has 0 radical (unpaired) electrons. The maximum absolute atomic E-state index is 6.69. The number of fused-ring (bicyclic) bond motifs is 3. The predicted octanol–water partition coefficient (Wildman–Crippen LogP) is 15.0. The summed E-state index contributed by atoms with van der Waals surface area (Å²) in [4.78, 5) is 9.56. The van der Waals surface area contributed by atoms with Gasteiger partial charge in [0.2, 0.25) is 0 Å². The third kappa shape index (κ3) is 8.23. The zero-order chi connectivity index (χ0) is 42.7. The van der Waals surface area contributed by atoms with E-state index >= 15 is 0 Å². The van der Waals surface area contributed by atoms with E-state index < -0.39 is 0 Å². The van der Waals surface area contributed by atoms with Gasteiger partial charge in [-0.15, -0.1) is 48.1 Å². The maximum atomic E-state index is 6.69. The molecule has 0 bridgehead atoms. The summed E-state index contributed by atoms with van der Waals surface area (Å²) in [5.74, 6) is 2.08. The van der Waals surface area contributed by atoms with Crippen molar-refractivity contribution in [3.63, 3.8) is 0 Å². The molecular weight excluding hydrogens is 940 g/mol. The Hall–Kier alpha value is -5.90. The molecule has 0 saturated carbocycles.